The van der Waals surface area contributed by atoms with Crippen LogP contribution in [0, 0.1) is 10.1 Å². The minimum Gasteiger partial charge on any atom is -0.354 e. The predicted octanol–water partition coefficient (Wildman–Crippen LogP) is 3.32. The molecule has 0 saturated heterocycles. The van der Waals surface area contributed by atoms with E-state index in [4.69, 9.17) is 0 Å². The highest BCUT2D eigenvalue weighted by Gasteiger charge is 2.02. The second-order valence-corrected chi connectivity index (χ2v) is 3.93. The van der Waals surface area contributed by atoms with Crippen LogP contribution in [-0.4, -0.2) is 9.49 Å². The maximum absolute atomic E-state index is 10.5. The van der Waals surface area contributed by atoms with Gasteiger partial charge in [-0.15, -0.1) is 0 Å². The summed E-state index contributed by atoms with van der Waals surface area (Å²) in [6, 6.07) is 1.90. The molecule has 1 rings (SSSR count). The van der Waals surface area contributed by atoms with Crippen LogP contribution in [0.2, 0.25) is 0 Å². The molecule has 0 unspecified atom stereocenters. The molecule has 0 spiro atoms. The van der Waals surface area contributed by atoms with E-state index in [0.717, 1.165) is 18.5 Å². The van der Waals surface area contributed by atoms with E-state index >= 15 is 0 Å². The van der Waals surface area contributed by atoms with Crippen molar-refractivity contribution in [1.82, 2.24) is 4.57 Å². The molecule has 0 aliphatic carbocycles. The summed E-state index contributed by atoms with van der Waals surface area (Å²) in [5, 5.41) is 10.5. The molecule has 0 aromatic carbocycles. The van der Waals surface area contributed by atoms with Crippen molar-refractivity contribution in [2.24, 2.45) is 0 Å². The van der Waals surface area contributed by atoms with Crippen molar-refractivity contribution in [2.45, 2.75) is 39.7 Å². The molecule has 0 fully saturated rings. The molecular formula is C12H18N2O2. The van der Waals surface area contributed by atoms with Crippen molar-refractivity contribution in [3.05, 3.63) is 39.8 Å². The topological polar surface area (TPSA) is 48.1 Å². The molecule has 1 aromatic heterocycles. The average Bonchev–Trinajstić information content (AvgIpc) is 2.66. The molecule has 4 heteroatoms. The van der Waals surface area contributed by atoms with E-state index in [1.165, 1.54) is 19.8 Å². The molecule has 0 aliphatic heterocycles. The van der Waals surface area contributed by atoms with Crippen LogP contribution in [0.5, 0.6) is 0 Å². The van der Waals surface area contributed by atoms with Crippen molar-refractivity contribution < 1.29 is 4.92 Å². The predicted molar refractivity (Wildman–Crippen MR) is 64.6 cm³/mol. The third-order valence-corrected chi connectivity index (χ3v) is 2.46. The Hall–Kier alpha value is -1.58. The number of allylic oxidation sites excluding steroid dienone is 1. The Kier molecular flexibility index (Phi) is 4.76. The molecule has 88 valence electrons. The Bertz CT molecular complexity index is 380. The van der Waals surface area contributed by atoms with Crippen molar-refractivity contribution in [1.29, 1.82) is 0 Å². The maximum Gasteiger partial charge on any atom is 0.243 e. The van der Waals surface area contributed by atoms with Gasteiger partial charge in [-0.2, -0.15) is 0 Å². The van der Waals surface area contributed by atoms with Gasteiger partial charge in [0.15, 0.2) is 0 Å². The summed E-state index contributed by atoms with van der Waals surface area (Å²) >= 11 is 0. The molecular weight excluding hydrogens is 204 g/mol. The second-order valence-electron chi connectivity index (χ2n) is 3.93. The number of aromatic nitrogens is 1. The Morgan fingerprint density at radius 1 is 1.56 bits per heavy atom. The highest BCUT2D eigenvalue weighted by atomic mass is 16.6. The summed E-state index contributed by atoms with van der Waals surface area (Å²) in [4.78, 5) is 10.1. The first-order valence-corrected chi connectivity index (χ1v) is 5.62. The first-order chi connectivity index (χ1) is 7.63. The summed E-state index contributed by atoms with van der Waals surface area (Å²) in [5.74, 6) is 0. The zero-order valence-corrected chi connectivity index (χ0v) is 9.85. The van der Waals surface area contributed by atoms with Crippen LogP contribution in [-0.2, 0) is 6.54 Å². The van der Waals surface area contributed by atoms with Gasteiger partial charge in [-0.25, -0.2) is 0 Å². The van der Waals surface area contributed by atoms with Gasteiger partial charge in [0.2, 0.25) is 5.70 Å². The lowest BCUT2D eigenvalue weighted by Crippen LogP contribution is -1.94. The lowest BCUT2D eigenvalue weighted by Gasteiger charge is -2.00. The van der Waals surface area contributed by atoms with E-state index in [1.54, 1.807) is 6.08 Å². The largest absolute Gasteiger partial charge is 0.354 e. The van der Waals surface area contributed by atoms with Crippen LogP contribution < -0.4 is 0 Å². The number of hydrogen-bond acceptors (Lipinski definition) is 2. The smallest absolute Gasteiger partial charge is 0.243 e. The van der Waals surface area contributed by atoms with Crippen molar-refractivity contribution in [2.75, 3.05) is 0 Å². The van der Waals surface area contributed by atoms with Gasteiger partial charge in [-0.1, -0.05) is 19.8 Å². The van der Waals surface area contributed by atoms with Gasteiger partial charge in [0.05, 0.1) is 4.92 Å². The molecule has 1 heterocycles. The zero-order chi connectivity index (χ0) is 12.0. The molecule has 4 nitrogen and oxygen atoms in total. The molecule has 0 amide bonds. The fourth-order valence-electron chi connectivity index (χ4n) is 1.52. The van der Waals surface area contributed by atoms with E-state index in [9.17, 15) is 10.1 Å². The lowest BCUT2D eigenvalue weighted by atomic mass is 10.2. The van der Waals surface area contributed by atoms with Gasteiger partial charge in [0.1, 0.15) is 0 Å². The molecule has 1 aromatic rings. The van der Waals surface area contributed by atoms with Gasteiger partial charge >= 0.3 is 0 Å². The zero-order valence-electron chi connectivity index (χ0n) is 9.85. The van der Waals surface area contributed by atoms with Crippen molar-refractivity contribution in [3.63, 3.8) is 0 Å². The molecule has 0 saturated carbocycles. The number of nitrogens with zero attached hydrogens (tertiary/aromatic N) is 2. The van der Waals surface area contributed by atoms with Crippen LogP contribution in [0.4, 0.5) is 0 Å². The van der Waals surface area contributed by atoms with Gasteiger partial charge in [0.25, 0.3) is 0 Å². The van der Waals surface area contributed by atoms with Crippen molar-refractivity contribution in [3.8, 4) is 0 Å². The number of unbranched alkanes of at least 4 members (excludes halogenated alkanes) is 2. The van der Waals surface area contributed by atoms with Crippen LogP contribution in [0.1, 0.15) is 38.7 Å². The highest BCUT2D eigenvalue weighted by molar-refractivity contribution is 5.49. The van der Waals surface area contributed by atoms with E-state index in [0.29, 0.717) is 0 Å². The minimum atomic E-state index is -0.367. The summed E-state index contributed by atoms with van der Waals surface area (Å²) in [6.07, 6.45) is 9.09. The van der Waals surface area contributed by atoms with Gasteiger partial charge in [-0.05, 0) is 18.1 Å². The molecule has 16 heavy (non-hydrogen) atoms. The summed E-state index contributed by atoms with van der Waals surface area (Å²) in [7, 11) is 0. The third kappa shape index (κ3) is 3.88. The molecule has 0 aliphatic rings. The van der Waals surface area contributed by atoms with Crippen LogP contribution in [0.25, 0.3) is 6.08 Å². The van der Waals surface area contributed by atoms with Crippen LogP contribution in [0.3, 0.4) is 0 Å². The van der Waals surface area contributed by atoms with Gasteiger partial charge in [0, 0.05) is 31.9 Å². The highest BCUT2D eigenvalue weighted by Crippen LogP contribution is 2.09. The Balaban J connectivity index is 2.58. The van der Waals surface area contributed by atoms with Gasteiger partial charge < -0.3 is 4.57 Å². The minimum absolute atomic E-state index is 0.173. The summed E-state index contributed by atoms with van der Waals surface area (Å²) in [5.41, 5.74) is 1.07. The maximum atomic E-state index is 10.5. The number of nitro groups is 1. The number of hydrogen-bond donors (Lipinski definition) is 0. The van der Waals surface area contributed by atoms with Crippen LogP contribution in [0.15, 0.2) is 24.2 Å². The standard InChI is InChI=1S/C12H18N2O2/c1-3-4-5-7-13-8-6-12(10-13)9-11(2)14(15)16/h6,8-10H,3-5,7H2,1-2H3. The summed E-state index contributed by atoms with van der Waals surface area (Å²) < 4.78 is 2.08. The van der Waals surface area contributed by atoms with Crippen LogP contribution >= 0.6 is 0 Å². The molecule has 0 bridgehead atoms. The Morgan fingerprint density at radius 3 is 2.94 bits per heavy atom. The summed E-state index contributed by atoms with van der Waals surface area (Å²) in [6.45, 7) is 4.66. The average molecular weight is 222 g/mol. The fraction of sp³-hybridized carbons (Fsp3) is 0.500. The SMILES string of the molecule is CCCCCn1ccc(C=C(C)[N+](=O)[O-])c1. The fourth-order valence-corrected chi connectivity index (χ4v) is 1.52. The van der Waals surface area contributed by atoms with Gasteiger partial charge in [-0.3, -0.25) is 10.1 Å². The lowest BCUT2D eigenvalue weighted by molar-refractivity contribution is -0.422. The third-order valence-electron chi connectivity index (χ3n) is 2.46. The van der Waals surface area contributed by atoms with E-state index in [-0.39, 0.29) is 10.6 Å². The molecule has 0 atom stereocenters. The Morgan fingerprint density at radius 2 is 2.31 bits per heavy atom. The molecule has 0 N–H and O–H groups in total. The van der Waals surface area contributed by atoms with E-state index < -0.39 is 0 Å². The van der Waals surface area contributed by atoms with E-state index in [1.807, 2.05) is 18.5 Å². The Labute approximate surface area is 95.7 Å². The van der Waals surface area contributed by atoms with E-state index in [2.05, 4.69) is 11.5 Å². The molecule has 0 radical (unpaired) electrons. The monoisotopic (exact) mass is 222 g/mol. The number of rotatable bonds is 6. The first-order valence-electron chi connectivity index (χ1n) is 5.62. The normalized spacial score (nSPS) is 11.8. The number of aryl methyl sites for hydroxylation is 1. The van der Waals surface area contributed by atoms with Crippen molar-refractivity contribution >= 4 is 6.08 Å². The first kappa shape index (κ1) is 12.5. The second kappa shape index (κ2) is 6.10. The quantitative estimate of drug-likeness (QED) is 0.421.